The van der Waals surface area contributed by atoms with Crippen LogP contribution in [-0.2, 0) is 4.79 Å². The number of carbonyl (C=O) groups is 1. The van der Waals surface area contributed by atoms with Crippen LogP contribution in [0.2, 0.25) is 0 Å². The van der Waals surface area contributed by atoms with Gasteiger partial charge in [-0.05, 0) is 25.9 Å². The van der Waals surface area contributed by atoms with Crippen molar-refractivity contribution in [2.45, 2.75) is 32.1 Å². The van der Waals surface area contributed by atoms with E-state index in [4.69, 9.17) is 5.73 Å². The van der Waals surface area contributed by atoms with Crippen molar-refractivity contribution in [2.75, 3.05) is 32.7 Å². The zero-order valence-corrected chi connectivity index (χ0v) is 9.50. The highest BCUT2D eigenvalue weighted by molar-refractivity contribution is 5.75. The molecule has 1 saturated heterocycles. The Hall–Kier alpha value is -0.610. The normalized spacial score (nSPS) is 18.5. The molecule has 88 valence electrons. The summed E-state index contributed by atoms with van der Waals surface area (Å²) in [6.07, 6.45) is 5.76. The number of nitrogens with zero attached hydrogens (tertiary/aromatic N) is 1. The third kappa shape index (κ3) is 5.74. The smallest absolute Gasteiger partial charge is 0.221 e. The Kier molecular flexibility index (Phi) is 6.36. The molecule has 3 N–H and O–H groups in total. The van der Waals surface area contributed by atoms with Crippen LogP contribution in [0.1, 0.15) is 32.1 Å². The number of carbonyl (C=O) groups excluding carboxylic acids is 1. The topological polar surface area (TPSA) is 58.4 Å². The largest absolute Gasteiger partial charge is 0.355 e. The van der Waals surface area contributed by atoms with Gasteiger partial charge in [-0.3, -0.25) is 4.79 Å². The van der Waals surface area contributed by atoms with Gasteiger partial charge >= 0.3 is 0 Å². The SMILES string of the molecule is NCCC(=O)NCCN1CCCCCC1. The minimum absolute atomic E-state index is 0.0762. The number of nitrogens with two attached hydrogens (primary N) is 1. The van der Waals surface area contributed by atoms with Crippen LogP contribution in [0, 0.1) is 0 Å². The van der Waals surface area contributed by atoms with E-state index < -0.39 is 0 Å². The summed E-state index contributed by atoms with van der Waals surface area (Å²) in [5, 5.41) is 2.89. The van der Waals surface area contributed by atoms with Crippen molar-refractivity contribution in [1.82, 2.24) is 10.2 Å². The fourth-order valence-electron chi connectivity index (χ4n) is 1.93. The van der Waals surface area contributed by atoms with Gasteiger partial charge in [-0.1, -0.05) is 12.8 Å². The standard InChI is InChI=1S/C11H23N3O/c12-6-5-11(15)13-7-10-14-8-3-1-2-4-9-14/h1-10,12H2,(H,13,15). The van der Waals surface area contributed by atoms with E-state index in [0.29, 0.717) is 13.0 Å². The zero-order chi connectivity index (χ0) is 10.9. The first-order chi connectivity index (χ1) is 7.33. The molecule has 1 heterocycles. The highest BCUT2D eigenvalue weighted by Crippen LogP contribution is 2.08. The maximum atomic E-state index is 11.1. The molecule has 0 atom stereocenters. The Balaban J connectivity index is 2.05. The molecule has 0 saturated carbocycles. The molecule has 1 fully saturated rings. The Morgan fingerprint density at radius 2 is 1.87 bits per heavy atom. The lowest BCUT2D eigenvalue weighted by Crippen LogP contribution is -2.36. The number of hydrogen-bond acceptors (Lipinski definition) is 3. The molecule has 0 bridgehead atoms. The first-order valence-electron chi connectivity index (χ1n) is 6.02. The van der Waals surface area contributed by atoms with E-state index in [-0.39, 0.29) is 5.91 Å². The lowest BCUT2D eigenvalue weighted by molar-refractivity contribution is -0.120. The molecule has 0 aromatic rings. The highest BCUT2D eigenvalue weighted by atomic mass is 16.1. The average Bonchev–Trinajstić information content (AvgIpc) is 2.47. The summed E-state index contributed by atoms with van der Waals surface area (Å²) in [6, 6.07) is 0. The summed E-state index contributed by atoms with van der Waals surface area (Å²) in [6.45, 7) is 4.56. The fourth-order valence-corrected chi connectivity index (χ4v) is 1.93. The van der Waals surface area contributed by atoms with Gasteiger partial charge < -0.3 is 16.0 Å². The predicted octanol–water partition coefficient (Wildman–Crippen LogP) is 0.327. The second-order valence-electron chi connectivity index (χ2n) is 4.14. The summed E-state index contributed by atoms with van der Waals surface area (Å²) in [5.41, 5.74) is 5.29. The first-order valence-corrected chi connectivity index (χ1v) is 6.02. The molecule has 15 heavy (non-hydrogen) atoms. The fraction of sp³-hybridized carbons (Fsp3) is 0.909. The number of amides is 1. The summed E-state index contributed by atoms with van der Waals surface area (Å²) in [4.78, 5) is 13.6. The zero-order valence-electron chi connectivity index (χ0n) is 9.50. The number of rotatable bonds is 5. The van der Waals surface area contributed by atoms with Gasteiger partial charge in [-0.2, -0.15) is 0 Å². The van der Waals surface area contributed by atoms with Gasteiger partial charge in [-0.25, -0.2) is 0 Å². The molecule has 0 unspecified atom stereocenters. The van der Waals surface area contributed by atoms with E-state index in [2.05, 4.69) is 10.2 Å². The van der Waals surface area contributed by atoms with Gasteiger partial charge in [0.05, 0.1) is 0 Å². The van der Waals surface area contributed by atoms with Crippen LogP contribution in [0.4, 0.5) is 0 Å². The second-order valence-corrected chi connectivity index (χ2v) is 4.14. The minimum Gasteiger partial charge on any atom is -0.355 e. The summed E-state index contributed by atoms with van der Waals surface area (Å²) in [5.74, 6) is 0.0762. The summed E-state index contributed by atoms with van der Waals surface area (Å²) in [7, 11) is 0. The summed E-state index contributed by atoms with van der Waals surface area (Å²) >= 11 is 0. The maximum absolute atomic E-state index is 11.1. The third-order valence-corrected chi connectivity index (χ3v) is 2.82. The molecule has 4 nitrogen and oxygen atoms in total. The second kappa shape index (κ2) is 7.65. The van der Waals surface area contributed by atoms with E-state index in [1.54, 1.807) is 0 Å². The quantitative estimate of drug-likeness (QED) is 0.692. The van der Waals surface area contributed by atoms with Gasteiger partial charge in [0.1, 0.15) is 0 Å². The molecular weight excluding hydrogens is 190 g/mol. The van der Waals surface area contributed by atoms with Crippen LogP contribution < -0.4 is 11.1 Å². The Morgan fingerprint density at radius 1 is 1.20 bits per heavy atom. The van der Waals surface area contributed by atoms with Crippen LogP contribution in [0.5, 0.6) is 0 Å². The predicted molar refractivity (Wildman–Crippen MR) is 61.6 cm³/mol. The van der Waals surface area contributed by atoms with Crippen LogP contribution in [0.25, 0.3) is 0 Å². The van der Waals surface area contributed by atoms with Crippen molar-refractivity contribution in [3.63, 3.8) is 0 Å². The molecule has 1 aliphatic heterocycles. The van der Waals surface area contributed by atoms with Crippen molar-refractivity contribution in [3.8, 4) is 0 Å². The Labute approximate surface area is 92.2 Å². The average molecular weight is 213 g/mol. The van der Waals surface area contributed by atoms with Crippen LogP contribution in [-0.4, -0.2) is 43.5 Å². The van der Waals surface area contributed by atoms with E-state index in [1.807, 2.05) is 0 Å². The van der Waals surface area contributed by atoms with E-state index in [9.17, 15) is 4.79 Å². The van der Waals surface area contributed by atoms with Crippen molar-refractivity contribution in [2.24, 2.45) is 5.73 Å². The van der Waals surface area contributed by atoms with Crippen molar-refractivity contribution < 1.29 is 4.79 Å². The van der Waals surface area contributed by atoms with Crippen molar-refractivity contribution in [1.29, 1.82) is 0 Å². The number of hydrogen-bond donors (Lipinski definition) is 2. The van der Waals surface area contributed by atoms with Crippen LogP contribution >= 0.6 is 0 Å². The molecule has 0 aromatic heterocycles. The first kappa shape index (κ1) is 12.5. The van der Waals surface area contributed by atoms with Gasteiger partial charge in [0.25, 0.3) is 0 Å². The van der Waals surface area contributed by atoms with Crippen molar-refractivity contribution >= 4 is 5.91 Å². The molecular formula is C11H23N3O. The lowest BCUT2D eigenvalue weighted by Gasteiger charge is -2.19. The maximum Gasteiger partial charge on any atom is 0.221 e. The molecule has 0 aliphatic carbocycles. The molecule has 0 radical (unpaired) electrons. The van der Waals surface area contributed by atoms with Crippen molar-refractivity contribution in [3.05, 3.63) is 0 Å². The molecule has 0 aromatic carbocycles. The van der Waals surface area contributed by atoms with E-state index in [1.165, 1.54) is 38.8 Å². The van der Waals surface area contributed by atoms with E-state index >= 15 is 0 Å². The Bertz CT molecular complexity index is 177. The van der Waals surface area contributed by atoms with Gasteiger partial charge in [-0.15, -0.1) is 0 Å². The number of nitrogens with one attached hydrogen (secondary N) is 1. The highest BCUT2D eigenvalue weighted by Gasteiger charge is 2.08. The van der Waals surface area contributed by atoms with Gasteiger partial charge in [0, 0.05) is 26.1 Å². The molecule has 4 heteroatoms. The molecule has 1 aliphatic rings. The third-order valence-electron chi connectivity index (χ3n) is 2.82. The van der Waals surface area contributed by atoms with Crippen LogP contribution in [0.15, 0.2) is 0 Å². The summed E-state index contributed by atoms with van der Waals surface area (Å²) < 4.78 is 0. The number of likely N-dealkylation sites (tertiary alicyclic amines) is 1. The molecule has 1 amide bonds. The minimum atomic E-state index is 0.0762. The van der Waals surface area contributed by atoms with Gasteiger partial charge in [0.2, 0.25) is 5.91 Å². The van der Waals surface area contributed by atoms with Crippen LogP contribution in [0.3, 0.4) is 0 Å². The van der Waals surface area contributed by atoms with E-state index in [0.717, 1.165) is 13.1 Å². The Morgan fingerprint density at radius 3 is 2.47 bits per heavy atom. The van der Waals surface area contributed by atoms with Gasteiger partial charge in [0.15, 0.2) is 0 Å². The monoisotopic (exact) mass is 213 g/mol. The molecule has 1 rings (SSSR count). The molecule has 0 spiro atoms. The lowest BCUT2D eigenvalue weighted by atomic mass is 10.2.